The van der Waals surface area contributed by atoms with E-state index in [2.05, 4.69) is 12.1 Å². The van der Waals surface area contributed by atoms with Gasteiger partial charge >= 0.3 is 0 Å². The number of aliphatic hydroxyl groups excluding tert-OH is 1. The average molecular weight is 287 g/mol. The molecule has 1 N–H and O–H groups in total. The maximum atomic E-state index is 10.5. The predicted octanol–water partition coefficient (Wildman–Crippen LogP) is 5.00. The first kappa shape index (κ1) is 13.7. The van der Waals surface area contributed by atoms with E-state index in [-0.39, 0.29) is 0 Å². The largest absolute Gasteiger partial charge is 0.384 e. The predicted molar refractivity (Wildman–Crippen MR) is 83.3 cm³/mol. The molecule has 0 amide bonds. The lowest BCUT2D eigenvalue weighted by Gasteiger charge is -2.26. The van der Waals surface area contributed by atoms with Crippen LogP contribution in [0.3, 0.4) is 0 Å². The second-order valence-electron chi connectivity index (χ2n) is 5.72. The second-order valence-corrected chi connectivity index (χ2v) is 6.13. The fourth-order valence-electron chi connectivity index (χ4n) is 2.73. The van der Waals surface area contributed by atoms with E-state index < -0.39 is 6.10 Å². The highest BCUT2D eigenvalue weighted by molar-refractivity contribution is 6.31. The molecule has 1 aliphatic rings. The molecule has 20 heavy (non-hydrogen) atoms. The number of aliphatic hydroxyl groups is 1. The van der Waals surface area contributed by atoms with Crippen LogP contribution in [0.4, 0.5) is 0 Å². The summed E-state index contributed by atoms with van der Waals surface area (Å²) in [6, 6.07) is 14.1. The summed E-state index contributed by atoms with van der Waals surface area (Å²) in [4.78, 5) is 0. The van der Waals surface area contributed by atoms with Crippen LogP contribution in [0.25, 0.3) is 0 Å². The third-order valence-electron chi connectivity index (χ3n) is 4.28. The van der Waals surface area contributed by atoms with E-state index >= 15 is 0 Å². The lowest BCUT2D eigenvalue weighted by atomic mass is 9.80. The Kier molecular flexibility index (Phi) is 3.82. The van der Waals surface area contributed by atoms with Crippen LogP contribution in [-0.2, 0) is 0 Å². The Bertz CT molecular complexity index is 599. The van der Waals surface area contributed by atoms with Gasteiger partial charge in [0.05, 0.1) is 0 Å². The summed E-state index contributed by atoms with van der Waals surface area (Å²) in [7, 11) is 0. The highest BCUT2D eigenvalue weighted by atomic mass is 35.5. The van der Waals surface area contributed by atoms with Crippen LogP contribution in [0.2, 0.25) is 5.02 Å². The molecule has 1 unspecified atom stereocenters. The monoisotopic (exact) mass is 286 g/mol. The van der Waals surface area contributed by atoms with Crippen LogP contribution >= 0.6 is 11.6 Å². The van der Waals surface area contributed by atoms with Crippen molar-refractivity contribution in [3.63, 3.8) is 0 Å². The molecule has 0 spiro atoms. The molecule has 0 aromatic heterocycles. The first-order valence-electron chi connectivity index (χ1n) is 7.19. The molecule has 1 saturated carbocycles. The fourth-order valence-corrected chi connectivity index (χ4v) is 3.06. The van der Waals surface area contributed by atoms with Crippen LogP contribution in [0.1, 0.15) is 53.5 Å². The Labute approximate surface area is 125 Å². The zero-order chi connectivity index (χ0) is 14.1. The molecule has 0 bridgehead atoms. The highest BCUT2D eigenvalue weighted by Crippen LogP contribution is 2.37. The van der Waals surface area contributed by atoms with Crippen LogP contribution in [0, 0.1) is 6.92 Å². The highest BCUT2D eigenvalue weighted by Gasteiger charge is 2.20. The zero-order valence-electron chi connectivity index (χ0n) is 11.6. The molecule has 0 saturated heterocycles. The van der Waals surface area contributed by atoms with Crippen molar-refractivity contribution in [3.05, 3.63) is 69.7 Å². The summed E-state index contributed by atoms with van der Waals surface area (Å²) < 4.78 is 0. The van der Waals surface area contributed by atoms with Gasteiger partial charge in [0.1, 0.15) is 6.10 Å². The van der Waals surface area contributed by atoms with E-state index in [9.17, 15) is 5.11 Å². The Morgan fingerprint density at radius 2 is 1.80 bits per heavy atom. The van der Waals surface area contributed by atoms with Crippen molar-refractivity contribution < 1.29 is 5.11 Å². The molecule has 3 rings (SSSR count). The molecular formula is C18H19ClO. The zero-order valence-corrected chi connectivity index (χ0v) is 12.4. The van der Waals surface area contributed by atoms with Crippen molar-refractivity contribution in [1.82, 2.24) is 0 Å². The van der Waals surface area contributed by atoms with E-state index in [0.717, 1.165) is 22.6 Å². The molecule has 1 aliphatic carbocycles. The fraction of sp³-hybridized carbons (Fsp3) is 0.333. The summed E-state index contributed by atoms with van der Waals surface area (Å²) in [5, 5.41) is 11.1. The molecule has 0 radical (unpaired) electrons. The van der Waals surface area contributed by atoms with E-state index in [4.69, 9.17) is 11.6 Å². The van der Waals surface area contributed by atoms with Crippen molar-refractivity contribution >= 4 is 11.6 Å². The SMILES string of the molecule is Cc1ccc(C(O)c2ccc(C3CCC3)cc2)c(Cl)c1. The molecule has 0 heterocycles. The first-order chi connectivity index (χ1) is 9.65. The lowest BCUT2D eigenvalue weighted by Crippen LogP contribution is -2.09. The van der Waals surface area contributed by atoms with Gasteiger partial charge in [-0.25, -0.2) is 0 Å². The van der Waals surface area contributed by atoms with Gasteiger partial charge in [0.25, 0.3) is 0 Å². The van der Waals surface area contributed by atoms with E-state index in [0.29, 0.717) is 5.02 Å². The van der Waals surface area contributed by atoms with Crippen LogP contribution in [0.5, 0.6) is 0 Å². The lowest BCUT2D eigenvalue weighted by molar-refractivity contribution is 0.220. The maximum absolute atomic E-state index is 10.5. The van der Waals surface area contributed by atoms with Gasteiger partial charge in [0.15, 0.2) is 0 Å². The standard InChI is InChI=1S/C18H19ClO/c1-12-5-10-16(17(19)11-12)18(20)15-8-6-14(7-9-15)13-3-2-4-13/h5-11,13,18,20H,2-4H2,1H3. The average Bonchev–Trinajstić information content (AvgIpc) is 2.37. The van der Waals surface area contributed by atoms with Gasteiger partial charge in [-0.1, -0.05) is 54.4 Å². The van der Waals surface area contributed by atoms with E-state index in [1.165, 1.54) is 24.8 Å². The Morgan fingerprint density at radius 1 is 1.10 bits per heavy atom. The quantitative estimate of drug-likeness (QED) is 0.842. The number of rotatable bonds is 3. The van der Waals surface area contributed by atoms with Crippen LogP contribution in [-0.4, -0.2) is 5.11 Å². The van der Waals surface area contributed by atoms with Gasteiger partial charge in [-0.15, -0.1) is 0 Å². The smallest absolute Gasteiger partial charge is 0.105 e. The summed E-state index contributed by atoms with van der Waals surface area (Å²) >= 11 is 6.23. The minimum atomic E-state index is -0.654. The van der Waals surface area contributed by atoms with Gasteiger partial charge in [-0.3, -0.25) is 0 Å². The van der Waals surface area contributed by atoms with Crippen molar-refractivity contribution in [2.24, 2.45) is 0 Å². The third-order valence-corrected chi connectivity index (χ3v) is 4.61. The van der Waals surface area contributed by atoms with E-state index in [1.54, 1.807) is 0 Å². The van der Waals surface area contributed by atoms with Crippen molar-refractivity contribution in [3.8, 4) is 0 Å². The van der Waals surface area contributed by atoms with Crippen LogP contribution < -0.4 is 0 Å². The molecule has 1 fully saturated rings. The Balaban J connectivity index is 1.84. The molecule has 2 aromatic carbocycles. The summed E-state index contributed by atoms with van der Waals surface area (Å²) in [5.74, 6) is 0.726. The maximum Gasteiger partial charge on any atom is 0.105 e. The van der Waals surface area contributed by atoms with Crippen molar-refractivity contribution in [1.29, 1.82) is 0 Å². The van der Waals surface area contributed by atoms with Crippen molar-refractivity contribution in [2.75, 3.05) is 0 Å². The number of hydrogen-bond acceptors (Lipinski definition) is 1. The number of aryl methyl sites for hydroxylation is 1. The van der Waals surface area contributed by atoms with Crippen molar-refractivity contribution in [2.45, 2.75) is 38.2 Å². The molecule has 2 heteroatoms. The van der Waals surface area contributed by atoms with Gasteiger partial charge in [-0.05, 0) is 48.4 Å². The molecule has 2 aromatic rings. The van der Waals surface area contributed by atoms with Crippen LogP contribution in [0.15, 0.2) is 42.5 Å². The molecular weight excluding hydrogens is 268 g/mol. The van der Waals surface area contributed by atoms with Gasteiger partial charge < -0.3 is 5.11 Å². The van der Waals surface area contributed by atoms with Gasteiger partial charge in [-0.2, -0.15) is 0 Å². The summed E-state index contributed by atoms with van der Waals surface area (Å²) in [6.45, 7) is 2.00. The minimum Gasteiger partial charge on any atom is -0.384 e. The number of benzene rings is 2. The molecule has 104 valence electrons. The Morgan fingerprint density at radius 3 is 2.35 bits per heavy atom. The number of hydrogen-bond donors (Lipinski definition) is 1. The number of halogens is 1. The van der Waals surface area contributed by atoms with Gasteiger partial charge in [0, 0.05) is 10.6 Å². The third kappa shape index (κ3) is 2.61. The van der Waals surface area contributed by atoms with E-state index in [1.807, 2.05) is 37.3 Å². The normalized spacial score (nSPS) is 16.8. The molecule has 0 aliphatic heterocycles. The topological polar surface area (TPSA) is 20.2 Å². The first-order valence-corrected chi connectivity index (χ1v) is 7.57. The molecule has 1 atom stereocenters. The van der Waals surface area contributed by atoms with Gasteiger partial charge in [0.2, 0.25) is 0 Å². The molecule has 1 nitrogen and oxygen atoms in total. The second kappa shape index (κ2) is 5.59. The summed E-state index contributed by atoms with van der Waals surface area (Å²) in [6.07, 6.45) is 3.28. The summed E-state index contributed by atoms with van der Waals surface area (Å²) in [5.41, 5.74) is 4.17. The Hall–Kier alpha value is -1.31. The minimum absolute atomic E-state index is 0.626.